The van der Waals surface area contributed by atoms with E-state index in [2.05, 4.69) is 20.7 Å². The minimum Gasteiger partial charge on any atom is -0.360 e. The zero-order chi connectivity index (χ0) is 22.7. The number of amides is 1. The van der Waals surface area contributed by atoms with Crippen LogP contribution in [0.15, 0.2) is 64.3 Å². The molecule has 0 fully saturated rings. The molecule has 1 N–H and O–H groups in total. The number of halogens is 2. The van der Waals surface area contributed by atoms with E-state index in [4.69, 9.17) is 16.1 Å². The van der Waals surface area contributed by atoms with E-state index >= 15 is 0 Å². The van der Waals surface area contributed by atoms with Crippen LogP contribution in [0.4, 0.5) is 10.2 Å². The Bertz CT molecular complexity index is 1260. The minimum atomic E-state index is -0.527. The maximum atomic E-state index is 14.8. The summed E-state index contributed by atoms with van der Waals surface area (Å²) in [5.41, 5.74) is 0.865. The third-order valence-corrected chi connectivity index (χ3v) is 6.27. The van der Waals surface area contributed by atoms with Gasteiger partial charge in [-0.25, -0.2) is 4.39 Å². The molecule has 0 spiro atoms. The van der Waals surface area contributed by atoms with Crippen molar-refractivity contribution in [3.05, 3.63) is 71.2 Å². The zero-order valence-electron chi connectivity index (χ0n) is 17.3. The smallest absolute Gasteiger partial charge is 0.239 e. The molecule has 2 aromatic heterocycles. The van der Waals surface area contributed by atoms with Crippen LogP contribution in [0, 0.1) is 12.7 Å². The lowest BCUT2D eigenvalue weighted by Gasteiger charge is -2.15. The molecule has 0 aliphatic carbocycles. The number of nitrogens with zero attached hydrogens (tertiary/aromatic N) is 4. The van der Waals surface area contributed by atoms with Gasteiger partial charge in [-0.3, -0.25) is 9.36 Å². The third-order valence-electron chi connectivity index (χ3n) is 4.63. The highest BCUT2D eigenvalue weighted by atomic mass is 35.5. The first kappa shape index (κ1) is 22.0. The van der Waals surface area contributed by atoms with Gasteiger partial charge in [-0.1, -0.05) is 59.7 Å². The molecule has 1 unspecified atom stereocenters. The number of anilines is 1. The van der Waals surface area contributed by atoms with Crippen LogP contribution in [-0.4, -0.2) is 31.1 Å². The van der Waals surface area contributed by atoms with Crippen molar-refractivity contribution >= 4 is 35.1 Å². The van der Waals surface area contributed by atoms with Crippen molar-refractivity contribution in [2.45, 2.75) is 30.7 Å². The molecule has 4 aromatic rings. The number of benzene rings is 2. The molecule has 2 heterocycles. The van der Waals surface area contributed by atoms with E-state index in [0.29, 0.717) is 39.6 Å². The molecule has 2 aromatic carbocycles. The topological polar surface area (TPSA) is 85.8 Å². The van der Waals surface area contributed by atoms with Gasteiger partial charge in [-0.2, -0.15) is 0 Å². The van der Waals surface area contributed by atoms with E-state index in [9.17, 15) is 9.18 Å². The van der Waals surface area contributed by atoms with Gasteiger partial charge in [0.1, 0.15) is 11.6 Å². The maximum absolute atomic E-state index is 14.8. The Morgan fingerprint density at radius 3 is 2.66 bits per heavy atom. The Morgan fingerprint density at radius 1 is 1.22 bits per heavy atom. The van der Waals surface area contributed by atoms with Crippen molar-refractivity contribution < 1.29 is 13.7 Å². The summed E-state index contributed by atoms with van der Waals surface area (Å²) in [5, 5.41) is 15.4. The van der Waals surface area contributed by atoms with Crippen LogP contribution in [0.3, 0.4) is 0 Å². The fourth-order valence-corrected chi connectivity index (χ4v) is 4.28. The molecular formula is C22H19ClFN5O2S. The summed E-state index contributed by atoms with van der Waals surface area (Å²) in [4.78, 5) is 12.8. The van der Waals surface area contributed by atoms with Crippen molar-refractivity contribution in [1.82, 2.24) is 19.9 Å². The van der Waals surface area contributed by atoms with Crippen LogP contribution in [0.2, 0.25) is 5.02 Å². The van der Waals surface area contributed by atoms with Crippen molar-refractivity contribution in [2.24, 2.45) is 0 Å². The molecule has 0 radical (unpaired) electrons. The molecule has 0 bridgehead atoms. The monoisotopic (exact) mass is 471 g/mol. The van der Waals surface area contributed by atoms with Crippen LogP contribution in [0.1, 0.15) is 19.1 Å². The molecule has 0 saturated carbocycles. The molecule has 0 saturated heterocycles. The van der Waals surface area contributed by atoms with Crippen molar-refractivity contribution in [3.8, 4) is 17.1 Å². The SMILES string of the molecule is CCC(Sc1nnc(-c2ccccc2Cl)n1-c1ccccc1F)C(=O)Nc1cc(C)on1. The molecule has 1 atom stereocenters. The Hall–Kier alpha value is -3.17. The summed E-state index contributed by atoms with van der Waals surface area (Å²) in [6.07, 6.45) is 0.499. The average molecular weight is 472 g/mol. The second-order valence-corrected chi connectivity index (χ2v) is 8.48. The predicted octanol–water partition coefficient (Wildman–Crippen LogP) is 5.53. The Morgan fingerprint density at radius 2 is 1.97 bits per heavy atom. The first-order chi connectivity index (χ1) is 15.5. The predicted molar refractivity (Wildman–Crippen MR) is 122 cm³/mol. The number of hydrogen-bond acceptors (Lipinski definition) is 6. The molecule has 32 heavy (non-hydrogen) atoms. The minimum absolute atomic E-state index is 0.261. The second kappa shape index (κ2) is 9.54. The highest BCUT2D eigenvalue weighted by Gasteiger charge is 2.26. The lowest BCUT2D eigenvalue weighted by atomic mass is 10.2. The van der Waals surface area contributed by atoms with E-state index in [1.54, 1.807) is 54.0 Å². The number of rotatable bonds is 7. The number of carbonyl (C=O) groups excluding carboxylic acids is 1. The number of hydrogen-bond donors (Lipinski definition) is 1. The van der Waals surface area contributed by atoms with Crippen LogP contribution in [0.5, 0.6) is 0 Å². The van der Waals surface area contributed by atoms with Gasteiger partial charge in [0.25, 0.3) is 0 Å². The van der Waals surface area contributed by atoms with Gasteiger partial charge >= 0.3 is 0 Å². The second-order valence-electron chi connectivity index (χ2n) is 6.90. The summed E-state index contributed by atoms with van der Waals surface area (Å²) in [6.45, 7) is 3.62. The van der Waals surface area contributed by atoms with Gasteiger partial charge in [-0.05, 0) is 37.6 Å². The number of aromatic nitrogens is 4. The van der Waals surface area contributed by atoms with E-state index in [0.717, 1.165) is 0 Å². The standard InChI is InChI=1S/C22H19ClFN5O2S/c1-3-18(21(30)25-19-12-13(2)31-28-19)32-22-27-26-20(14-8-4-5-9-15(14)23)29(22)17-11-7-6-10-16(17)24/h4-12,18H,3H2,1-2H3,(H,25,28,30). The van der Waals surface area contributed by atoms with E-state index in [-0.39, 0.29) is 11.6 Å². The van der Waals surface area contributed by atoms with Crippen molar-refractivity contribution in [2.75, 3.05) is 5.32 Å². The maximum Gasteiger partial charge on any atom is 0.239 e. The Balaban J connectivity index is 1.73. The lowest BCUT2D eigenvalue weighted by molar-refractivity contribution is -0.115. The summed E-state index contributed by atoms with van der Waals surface area (Å²) in [6, 6.07) is 15.1. The molecular weight excluding hydrogens is 453 g/mol. The normalized spacial score (nSPS) is 12.0. The number of thioether (sulfide) groups is 1. The van der Waals surface area contributed by atoms with Crippen molar-refractivity contribution in [1.29, 1.82) is 0 Å². The number of aryl methyl sites for hydroxylation is 1. The molecule has 7 nitrogen and oxygen atoms in total. The first-order valence-corrected chi connectivity index (χ1v) is 11.1. The largest absolute Gasteiger partial charge is 0.360 e. The highest BCUT2D eigenvalue weighted by Crippen LogP contribution is 2.34. The van der Waals surface area contributed by atoms with Crippen LogP contribution >= 0.6 is 23.4 Å². The van der Waals surface area contributed by atoms with Crippen LogP contribution in [-0.2, 0) is 4.79 Å². The van der Waals surface area contributed by atoms with E-state index < -0.39 is 11.1 Å². The Labute approximate surface area is 193 Å². The zero-order valence-corrected chi connectivity index (χ0v) is 18.8. The fraction of sp³-hybridized carbons (Fsp3) is 0.182. The quantitative estimate of drug-likeness (QED) is 0.356. The number of carbonyl (C=O) groups is 1. The first-order valence-electron chi connectivity index (χ1n) is 9.84. The Kier molecular flexibility index (Phi) is 6.57. The van der Waals surface area contributed by atoms with Crippen molar-refractivity contribution in [3.63, 3.8) is 0 Å². The van der Waals surface area contributed by atoms with Gasteiger partial charge in [0, 0.05) is 11.6 Å². The summed E-state index contributed by atoms with van der Waals surface area (Å²) >= 11 is 7.56. The lowest BCUT2D eigenvalue weighted by Crippen LogP contribution is -2.25. The van der Waals surface area contributed by atoms with Gasteiger partial charge in [0.15, 0.2) is 16.8 Å². The van der Waals surface area contributed by atoms with Gasteiger partial charge < -0.3 is 9.84 Å². The van der Waals surface area contributed by atoms with Gasteiger partial charge in [0.05, 0.1) is 16.0 Å². The molecule has 10 heteroatoms. The number of para-hydroxylation sites is 1. The van der Waals surface area contributed by atoms with Gasteiger partial charge in [0.2, 0.25) is 5.91 Å². The average Bonchev–Trinajstić information content (AvgIpc) is 3.38. The van der Waals surface area contributed by atoms with Crippen LogP contribution in [0.25, 0.3) is 17.1 Å². The third kappa shape index (κ3) is 4.53. The van der Waals surface area contributed by atoms with E-state index in [1.807, 2.05) is 13.0 Å². The summed E-state index contributed by atoms with van der Waals surface area (Å²) in [7, 11) is 0. The molecule has 1 amide bonds. The van der Waals surface area contributed by atoms with E-state index in [1.165, 1.54) is 17.8 Å². The molecule has 164 valence electrons. The molecule has 0 aliphatic rings. The summed E-state index contributed by atoms with van der Waals surface area (Å²) < 4.78 is 21.4. The number of nitrogens with one attached hydrogen (secondary N) is 1. The summed E-state index contributed by atoms with van der Waals surface area (Å²) in [5.74, 6) is 0.584. The fourth-order valence-electron chi connectivity index (χ4n) is 3.10. The van der Waals surface area contributed by atoms with Crippen LogP contribution < -0.4 is 5.32 Å². The highest BCUT2D eigenvalue weighted by molar-refractivity contribution is 8.00. The van der Waals surface area contributed by atoms with Gasteiger partial charge in [-0.15, -0.1) is 10.2 Å². The molecule has 0 aliphatic heterocycles. The molecule has 4 rings (SSSR count).